The number of hydrogen-bond acceptors (Lipinski definition) is 2. The van der Waals surface area contributed by atoms with Crippen LogP contribution in [0, 0.1) is 0 Å². The van der Waals surface area contributed by atoms with Crippen LogP contribution in [-0.2, 0) is 16.0 Å². The third-order valence-electron chi connectivity index (χ3n) is 3.05. The highest BCUT2D eigenvalue weighted by Crippen LogP contribution is 2.14. The van der Waals surface area contributed by atoms with Gasteiger partial charge in [-0.25, -0.2) is 4.79 Å². The number of amides is 1. The van der Waals surface area contributed by atoms with Gasteiger partial charge < -0.3 is 10.0 Å². The summed E-state index contributed by atoms with van der Waals surface area (Å²) in [5.74, 6) is -1.22. The Morgan fingerprint density at radius 2 is 2.00 bits per heavy atom. The minimum absolute atomic E-state index is 0.203. The summed E-state index contributed by atoms with van der Waals surface area (Å²) in [6.07, 6.45) is 2.70. The lowest BCUT2D eigenvalue weighted by Gasteiger charge is -2.25. The summed E-state index contributed by atoms with van der Waals surface area (Å²) in [4.78, 5) is 24.5. The van der Waals surface area contributed by atoms with Gasteiger partial charge in [-0.3, -0.25) is 4.79 Å². The van der Waals surface area contributed by atoms with Crippen molar-refractivity contribution in [2.24, 2.45) is 0 Å². The fourth-order valence-electron chi connectivity index (χ4n) is 1.81. The van der Waals surface area contributed by atoms with Crippen LogP contribution < -0.4 is 0 Å². The van der Waals surface area contributed by atoms with Crippen molar-refractivity contribution in [3.63, 3.8) is 0 Å². The molecule has 1 rings (SSSR count). The van der Waals surface area contributed by atoms with Crippen molar-refractivity contribution in [2.45, 2.75) is 25.3 Å². The smallest absolute Gasteiger partial charge is 0.326 e. The summed E-state index contributed by atoms with van der Waals surface area (Å²) in [6.45, 7) is 3.55. The number of benzene rings is 1. The first-order valence-electron chi connectivity index (χ1n) is 6.29. The Labute approximate surface area is 123 Å². The molecule has 0 saturated carbocycles. The molecular weight excluding hydrogens is 278 g/mol. The number of rotatable bonds is 7. The van der Waals surface area contributed by atoms with Gasteiger partial charge in [-0.15, -0.1) is 6.58 Å². The summed E-state index contributed by atoms with van der Waals surface area (Å²) in [7, 11) is 1.51. The zero-order chi connectivity index (χ0) is 15.1. The molecule has 1 atom stereocenters. The van der Waals surface area contributed by atoms with Crippen LogP contribution >= 0.6 is 11.6 Å². The molecule has 108 valence electrons. The molecule has 1 aromatic carbocycles. The number of aliphatic carboxylic acids is 1. The molecule has 5 heteroatoms. The van der Waals surface area contributed by atoms with E-state index in [-0.39, 0.29) is 18.7 Å². The van der Waals surface area contributed by atoms with Gasteiger partial charge in [0.05, 0.1) is 0 Å². The van der Waals surface area contributed by atoms with Crippen molar-refractivity contribution in [3.8, 4) is 0 Å². The summed E-state index contributed by atoms with van der Waals surface area (Å²) >= 11 is 5.79. The molecular formula is C15H18ClNO3. The van der Waals surface area contributed by atoms with Gasteiger partial charge in [0.2, 0.25) is 5.91 Å². The van der Waals surface area contributed by atoms with E-state index in [1.165, 1.54) is 11.9 Å². The van der Waals surface area contributed by atoms with Crippen molar-refractivity contribution in [2.75, 3.05) is 7.05 Å². The number of nitrogens with zero attached hydrogens (tertiary/aromatic N) is 1. The monoisotopic (exact) mass is 295 g/mol. The van der Waals surface area contributed by atoms with Crippen LogP contribution in [0.25, 0.3) is 0 Å². The molecule has 4 nitrogen and oxygen atoms in total. The fourth-order valence-corrected chi connectivity index (χ4v) is 1.94. The second-order valence-electron chi connectivity index (χ2n) is 4.52. The third-order valence-corrected chi connectivity index (χ3v) is 3.30. The summed E-state index contributed by atoms with van der Waals surface area (Å²) < 4.78 is 0. The molecule has 0 heterocycles. The zero-order valence-electron chi connectivity index (χ0n) is 11.4. The maximum atomic E-state index is 11.9. The van der Waals surface area contributed by atoms with Gasteiger partial charge in [0.1, 0.15) is 6.04 Å². The van der Waals surface area contributed by atoms with E-state index in [1.54, 1.807) is 30.3 Å². The fraction of sp³-hybridized carbons (Fsp3) is 0.333. The SMILES string of the molecule is C=CCCC(=O)N(C)[C@@H](Cc1ccc(Cl)cc1)C(=O)O. The zero-order valence-corrected chi connectivity index (χ0v) is 12.1. The van der Waals surface area contributed by atoms with Crippen LogP contribution in [0.2, 0.25) is 5.02 Å². The standard InChI is InChI=1S/C15H18ClNO3/c1-3-4-5-14(18)17(2)13(15(19)20)10-11-6-8-12(16)9-7-11/h3,6-9,13H,1,4-5,10H2,2H3,(H,19,20)/t13-/m0/s1. The Balaban J connectivity index is 2.78. The van der Waals surface area contributed by atoms with Crippen LogP contribution in [0.4, 0.5) is 0 Å². The van der Waals surface area contributed by atoms with Crippen LogP contribution in [0.3, 0.4) is 0 Å². The quantitative estimate of drug-likeness (QED) is 0.787. The Kier molecular flexibility index (Phi) is 6.25. The maximum absolute atomic E-state index is 11.9. The van der Waals surface area contributed by atoms with Crippen molar-refractivity contribution >= 4 is 23.5 Å². The van der Waals surface area contributed by atoms with Gasteiger partial charge >= 0.3 is 5.97 Å². The Bertz CT molecular complexity index is 484. The molecule has 0 aliphatic rings. The molecule has 1 amide bonds. The second kappa shape index (κ2) is 7.70. The number of halogens is 1. The first kappa shape index (κ1) is 16.2. The van der Waals surface area contributed by atoms with Gasteiger partial charge in [-0.2, -0.15) is 0 Å². The topological polar surface area (TPSA) is 57.6 Å². The minimum atomic E-state index is -1.02. The van der Waals surface area contributed by atoms with E-state index in [2.05, 4.69) is 6.58 Å². The molecule has 0 spiro atoms. The van der Waals surface area contributed by atoms with Gasteiger partial charge in [0.15, 0.2) is 0 Å². The molecule has 0 bridgehead atoms. The van der Waals surface area contributed by atoms with E-state index in [1.807, 2.05) is 0 Å². The third kappa shape index (κ3) is 4.70. The Hall–Kier alpha value is -1.81. The highest BCUT2D eigenvalue weighted by Gasteiger charge is 2.26. The number of carboxylic acids is 1. The number of allylic oxidation sites excluding steroid dienone is 1. The molecule has 0 aromatic heterocycles. The summed E-state index contributed by atoms with van der Waals surface area (Å²) in [5, 5.41) is 9.89. The molecule has 0 unspecified atom stereocenters. The van der Waals surface area contributed by atoms with E-state index in [4.69, 9.17) is 11.6 Å². The maximum Gasteiger partial charge on any atom is 0.326 e. The largest absolute Gasteiger partial charge is 0.480 e. The van der Waals surface area contributed by atoms with Crippen molar-refractivity contribution < 1.29 is 14.7 Å². The number of carboxylic acid groups (broad SMARTS) is 1. The normalized spacial score (nSPS) is 11.7. The van der Waals surface area contributed by atoms with Crippen molar-refractivity contribution in [3.05, 3.63) is 47.5 Å². The molecule has 0 saturated heterocycles. The Morgan fingerprint density at radius 3 is 2.50 bits per heavy atom. The lowest BCUT2D eigenvalue weighted by molar-refractivity contribution is -0.148. The van der Waals surface area contributed by atoms with Crippen molar-refractivity contribution in [1.29, 1.82) is 0 Å². The average Bonchev–Trinajstić information content (AvgIpc) is 2.43. The Morgan fingerprint density at radius 1 is 1.40 bits per heavy atom. The summed E-state index contributed by atoms with van der Waals surface area (Å²) in [6, 6.07) is 6.05. The van der Waals surface area contributed by atoms with Crippen LogP contribution in [0.1, 0.15) is 18.4 Å². The number of hydrogen-bond donors (Lipinski definition) is 1. The van der Waals surface area contributed by atoms with Gasteiger partial charge in [-0.1, -0.05) is 29.8 Å². The minimum Gasteiger partial charge on any atom is -0.480 e. The van der Waals surface area contributed by atoms with E-state index < -0.39 is 12.0 Å². The molecule has 1 aromatic rings. The highest BCUT2D eigenvalue weighted by molar-refractivity contribution is 6.30. The van der Waals surface area contributed by atoms with Crippen LogP contribution in [0.15, 0.2) is 36.9 Å². The van der Waals surface area contributed by atoms with E-state index in [9.17, 15) is 14.7 Å². The molecule has 1 N–H and O–H groups in total. The number of carbonyl (C=O) groups excluding carboxylic acids is 1. The first-order chi connectivity index (χ1) is 9.45. The van der Waals surface area contributed by atoms with Gasteiger partial charge in [0, 0.05) is 24.9 Å². The van der Waals surface area contributed by atoms with E-state index in [0.717, 1.165) is 5.56 Å². The van der Waals surface area contributed by atoms with E-state index >= 15 is 0 Å². The van der Waals surface area contributed by atoms with Crippen molar-refractivity contribution in [1.82, 2.24) is 4.90 Å². The molecule has 0 fully saturated rings. The number of likely N-dealkylation sites (N-methyl/N-ethyl adjacent to an activating group) is 1. The van der Waals surface area contributed by atoms with E-state index in [0.29, 0.717) is 11.4 Å². The molecule has 0 aliphatic heterocycles. The summed E-state index contributed by atoms with van der Waals surface area (Å²) in [5.41, 5.74) is 0.824. The first-order valence-corrected chi connectivity index (χ1v) is 6.67. The lowest BCUT2D eigenvalue weighted by Crippen LogP contribution is -2.43. The molecule has 0 aliphatic carbocycles. The van der Waals surface area contributed by atoms with Crippen LogP contribution in [-0.4, -0.2) is 35.0 Å². The van der Waals surface area contributed by atoms with Crippen LogP contribution in [0.5, 0.6) is 0 Å². The number of carbonyl (C=O) groups is 2. The predicted octanol–water partition coefficient (Wildman–Crippen LogP) is 2.76. The molecule has 20 heavy (non-hydrogen) atoms. The predicted molar refractivity (Wildman–Crippen MR) is 78.8 cm³/mol. The lowest BCUT2D eigenvalue weighted by atomic mass is 10.0. The second-order valence-corrected chi connectivity index (χ2v) is 4.95. The van der Waals surface area contributed by atoms with Gasteiger partial charge in [0.25, 0.3) is 0 Å². The average molecular weight is 296 g/mol. The van der Waals surface area contributed by atoms with Gasteiger partial charge in [-0.05, 0) is 24.1 Å². The molecule has 0 radical (unpaired) electrons. The highest BCUT2D eigenvalue weighted by atomic mass is 35.5.